The number of nitrogens with zero attached hydrogens (tertiary/aromatic N) is 2. The molecule has 0 fully saturated rings. The van der Waals surface area contributed by atoms with Gasteiger partial charge in [-0.25, -0.2) is 0 Å². The first-order valence-electron chi connectivity index (χ1n) is 7.02. The van der Waals surface area contributed by atoms with E-state index in [1.165, 1.54) is 17.8 Å². The molecule has 0 N–H and O–H groups in total. The summed E-state index contributed by atoms with van der Waals surface area (Å²) >= 11 is 1.31. The molecule has 116 valence electrons. The van der Waals surface area contributed by atoms with Crippen LogP contribution in [0.15, 0.2) is 22.7 Å². The van der Waals surface area contributed by atoms with Crippen LogP contribution in [0.4, 0.5) is 0 Å². The monoisotopic (exact) mass is 328 g/mol. The zero-order valence-corrected chi connectivity index (χ0v) is 13.8. The lowest BCUT2D eigenvalue weighted by molar-refractivity contribution is 0.338. The molecule has 0 aromatic carbocycles. The molecule has 0 aliphatic carbocycles. The SMILES string of the molecule is CCCCCCCCS(=O)(=O)ON=C(C#N)c1cccs1. The molecule has 1 rings (SSSR count). The van der Waals surface area contributed by atoms with E-state index in [2.05, 4.69) is 16.4 Å². The lowest BCUT2D eigenvalue weighted by Gasteiger charge is -2.02. The summed E-state index contributed by atoms with van der Waals surface area (Å²) in [6.07, 6.45) is 5.93. The van der Waals surface area contributed by atoms with Gasteiger partial charge in [0.15, 0.2) is 5.71 Å². The zero-order chi connectivity index (χ0) is 15.6. The molecule has 0 saturated carbocycles. The van der Waals surface area contributed by atoms with Crippen molar-refractivity contribution in [3.8, 4) is 6.07 Å². The minimum absolute atomic E-state index is 0.0171. The van der Waals surface area contributed by atoms with Gasteiger partial charge in [0.2, 0.25) is 0 Å². The molecule has 1 aromatic rings. The number of unbranched alkanes of at least 4 members (excludes halogenated alkanes) is 5. The molecular formula is C14H20N2O3S2. The molecule has 0 spiro atoms. The maximum Gasteiger partial charge on any atom is 0.328 e. The highest BCUT2D eigenvalue weighted by Gasteiger charge is 2.13. The summed E-state index contributed by atoms with van der Waals surface area (Å²) < 4.78 is 27.9. The highest BCUT2D eigenvalue weighted by atomic mass is 32.2. The summed E-state index contributed by atoms with van der Waals surface area (Å²) in [5, 5.41) is 14.2. The lowest BCUT2D eigenvalue weighted by Crippen LogP contribution is -2.09. The van der Waals surface area contributed by atoms with E-state index in [0.717, 1.165) is 25.7 Å². The average molecular weight is 328 g/mol. The summed E-state index contributed by atoms with van der Waals surface area (Å²) in [7, 11) is -3.70. The summed E-state index contributed by atoms with van der Waals surface area (Å²) in [6.45, 7) is 2.14. The van der Waals surface area contributed by atoms with E-state index in [1.807, 2.05) is 6.07 Å². The van der Waals surface area contributed by atoms with Crippen LogP contribution in [0.1, 0.15) is 50.3 Å². The second-order valence-electron chi connectivity index (χ2n) is 4.63. The molecule has 0 unspecified atom stereocenters. The van der Waals surface area contributed by atoms with Crippen molar-refractivity contribution in [1.29, 1.82) is 5.26 Å². The fraction of sp³-hybridized carbons (Fsp3) is 0.571. The van der Waals surface area contributed by atoms with Gasteiger partial charge >= 0.3 is 10.1 Å². The van der Waals surface area contributed by atoms with Gasteiger partial charge in [0.25, 0.3) is 0 Å². The third-order valence-electron chi connectivity index (χ3n) is 2.85. The fourth-order valence-corrected chi connectivity index (χ4v) is 3.20. The topological polar surface area (TPSA) is 79.5 Å². The second-order valence-corrected chi connectivity index (χ2v) is 7.25. The Hall–Kier alpha value is -1.39. The summed E-state index contributed by atoms with van der Waals surface area (Å²) in [6, 6.07) is 5.29. The molecule has 0 atom stereocenters. The van der Waals surface area contributed by atoms with Gasteiger partial charge in [-0.15, -0.1) is 11.3 Å². The molecule has 5 nitrogen and oxygen atoms in total. The van der Waals surface area contributed by atoms with Gasteiger partial charge in [0.05, 0.1) is 10.6 Å². The maximum atomic E-state index is 11.7. The Labute approximate surface area is 130 Å². The Morgan fingerprint density at radius 1 is 1.33 bits per heavy atom. The van der Waals surface area contributed by atoms with Crippen LogP contribution in [0.5, 0.6) is 0 Å². The number of rotatable bonds is 10. The quantitative estimate of drug-likeness (QED) is 0.373. The van der Waals surface area contributed by atoms with Crippen LogP contribution < -0.4 is 0 Å². The molecule has 1 aromatic heterocycles. The minimum Gasteiger partial charge on any atom is -0.267 e. The Kier molecular flexibility index (Phi) is 8.01. The number of hydrogen-bond acceptors (Lipinski definition) is 6. The van der Waals surface area contributed by atoms with Crippen molar-refractivity contribution in [2.75, 3.05) is 5.75 Å². The molecule has 0 aliphatic rings. The van der Waals surface area contributed by atoms with Crippen molar-refractivity contribution in [3.63, 3.8) is 0 Å². The highest BCUT2D eigenvalue weighted by Crippen LogP contribution is 2.11. The molecule has 0 amide bonds. The largest absolute Gasteiger partial charge is 0.328 e. The predicted molar refractivity (Wildman–Crippen MR) is 84.7 cm³/mol. The van der Waals surface area contributed by atoms with Crippen molar-refractivity contribution in [1.82, 2.24) is 0 Å². The van der Waals surface area contributed by atoms with Crippen LogP contribution in [0, 0.1) is 11.3 Å². The summed E-state index contributed by atoms with van der Waals surface area (Å²) in [5.41, 5.74) is -0.0171. The van der Waals surface area contributed by atoms with E-state index in [-0.39, 0.29) is 11.5 Å². The van der Waals surface area contributed by atoms with E-state index >= 15 is 0 Å². The molecule has 21 heavy (non-hydrogen) atoms. The second kappa shape index (κ2) is 9.53. The minimum atomic E-state index is -3.70. The van der Waals surface area contributed by atoms with Crippen LogP contribution >= 0.6 is 11.3 Å². The molecule has 0 aliphatic heterocycles. The first-order chi connectivity index (χ1) is 10.1. The molecule has 1 heterocycles. The first-order valence-corrected chi connectivity index (χ1v) is 9.48. The van der Waals surface area contributed by atoms with E-state index in [9.17, 15) is 8.42 Å². The van der Waals surface area contributed by atoms with Crippen molar-refractivity contribution >= 4 is 27.2 Å². The molecule has 0 bridgehead atoms. The third-order valence-corrected chi connectivity index (χ3v) is 4.82. The van der Waals surface area contributed by atoms with Crippen molar-refractivity contribution in [3.05, 3.63) is 22.4 Å². The Balaban J connectivity index is 2.40. The van der Waals surface area contributed by atoms with Gasteiger partial charge in [-0.3, -0.25) is 4.28 Å². The van der Waals surface area contributed by atoms with Crippen molar-refractivity contribution in [2.24, 2.45) is 5.16 Å². The lowest BCUT2D eigenvalue weighted by atomic mass is 10.1. The van der Waals surface area contributed by atoms with Crippen molar-refractivity contribution in [2.45, 2.75) is 45.4 Å². The van der Waals surface area contributed by atoms with Crippen molar-refractivity contribution < 1.29 is 12.7 Å². The average Bonchev–Trinajstić information content (AvgIpc) is 2.97. The maximum absolute atomic E-state index is 11.7. The van der Waals surface area contributed by atoms with Gasteiger partial charge in [0.1, 0.15) is 6.07 Å². The van der Waals surface area contributed by atoms with Crippen LogP contribution in [0.25, 0.3) is 0 Å². The van der Waals surface area contributed by atoms with Gasteiger partial charge in [-0.1, -0.05) is 50.2 Å². The van der Waals surface area contributed by atoms with E-state index < -0.39 is 10.1 Å². The zero-order valence-electron chi connectivity index (χ0n) is 12.1. The van der Waals surface area contributed by atoms with Crippen LogP contribution in [-0.2, 0) is 14.4 Å². The molecule has 0 radical (unpaired) electrons. The molecular weight excluding hydrogens is 308 g/mol. The number of thiophene rings is 1. The van der Waals surface area contributed by atoms with Crippen LogP contribution in [0.3, 0.4) is 0 Å². The van der Waals surface area contributed by atoms with E-state index in [4.69, 9.17) is 5.26 Å². The van der Waals surface area contributed by atoms with Gasteiger partial charge < -0.3 is 0 Å². The normalized spacial score (nSPS) is 12.1. The van der Waals surface area contributed by atoms with Gasteiger partial charge in [-0.05, 0) is 17.9 Å². The van der Waals surface area contributed by atoms with Gasteiger partial charge in [-0.2, -0.15) is 13.7 Å². The predicted octanol–water partition coefficient (Wildman–Crippen LogP) is 3.68. The van der Waals surface area contributed by atoms with Gasteiger partial charge in [0, 0.05) is 0 Å². The molecule has 0 saturated heterocycles. The highest BCUT2D eigenvalue weighted by molar-refractivity contribution is 7.86. The standard InChI is InChI=1S/C14H20N2O3S2/c1-2-3-4-5-6-7-11-21(17,18)19-16-13(12-15)14-9-8-10-20-14/h8-10H,2-7,11H2,1H3. The Morgan fingerprint density at radius 3 is 2.67 bits per heavy atom. The number of oxime groups is 1. The summed E-state index contributed by atoms with van der Waals surface area (Å²) in [4.78, 5) is 0.590. The third kappa shape index (κ3) is 7.25. The smallest absolute Gasteiger partial charge is 0.267 e. The Morgan fingerprint density at radius 2 is 2.05 bits per heavy atom. The Bertz CT molecular complexity index is 572. The number of hydrogen-bond donors (Lipinski definition) is 0. The van der Waals surface area contributed by atoms with E-state index in [0.29, 0.717) is 11.3 Å². The number of nitriles is 1. The van der Waals surface area contributed by atoms with E-state index in [1.54, 1.807) is 17.5 Å². The fourth-order valence-electron chi connectivity index (χ4n) is 1.72. The van der Waals surface area contributed by atoms with Crippen LogP contribution in [0.2, 0.25) is 0 Å². The van der Waals surface area contributed by atoms with Crippen LogP contribution in [-0.4, -0.2) is 19.9 Å². The summed E-state index contributed by atoms with van der Waals surface area (Å²) in [5.74, 6) is -0.0637. The molecule has 7 heteroatoms. The first kappa shape index (κ1) is 17.7.